The van der Waals surface area contributed by atoms with Gasteiger partial charge in [0, 0.05) is 12.1 Å². The maximum atomic E-state index is 13.7. The standard InChI is InChI=1S/C12H3BrF3NO2S/c13-8-3-5-10(20-8)12(19)17(11(5)18)9-6(15)1-4(14)2-7(9)16/h1-3H. The van der Waals surface area contributed by atoms with Gasteiger partial charge < -0.3 is 0 Å². The minimum atomic E-state index is -1.31. The average molecular weight is 362 g/mol. The van der Waals surface area contributed by atoms with Crippen molar-refractivity contribution in [2.45, 2.75) is 0 Å². The van der Waals surface area contributed by atoms with Gasteiger partial charge in [0.15, 0.2) is 11.6 Å². The molecule has 102 valence electrons. The third kappa shape index (κ3) is 1.79. The fourth-order valence-corrected chi connectivity index (χ4v) is 3.47. The molecule has 8 heteroatoms. The summed E-state index contributed by atoms with van der Waals surface area (Å²) in [4.78, 5) is 24.6. The van der Waals surface area contributed by atoms with E-state index in [1.165, 1.54) is 6.07 Å². The Morgan fingerprint density at radius 1 is 1.00 bits per heavy atom. The Morgan fingerprint density at radius 3 is 2.15 bits per heavy atom. The van der Waals surface area contributed by atoms with Crippen molar-refractivity contribution in [3.8, 4) is 0 Å². The molecule has 3 nitrogen and oxygen atoms in total. The lowest BCUT2D eigenvalue weighted by atomic mass is 10.2. The summed E-state index contributed by atoms with van der Waals surface area (Å²) in [6.45, 7) is 0. The first kappa shape index (κ1) is 13.3. The Balaban J connectivity index is 2.17. The van der Waals surface area contributed by atoms with E-state index in [0.29, 0.717) is 20.8 Å². The SMILES string of the molecule is O=C1c2cc(Br)sc2C(=O)N1c1c(F)cc(F)cc1F. The zero-order valence-corrected chi connectivity index (χ0v) is 11.8. The Kier molecular flexibility index (Phi) is 2.94. The zero-order chi connectivity index (χ0) is 14.6. The van der Waals surface area contributed by atoms with E-state index in [9.17, 15) is 22.8 Å². The van der Waals surface area contributed by atoms with E-state index in [4.69, 9.17) is 0 Å². The van der Waals surface area contributed by atoms with Gasteiger partial charge in [-0.3, -0.25) is 9.59 Å². The van der Waals surface area contributed by atoms with E-state index < -0.39 is 35.0 Å². The van der Waals surface area contributed by atoms with E-state index in [0.717, 1.165) is 11.3 Å². The highest BCUT2D eigenvalue weighted by Gasteiger charge is 2.41. The van der Waals surface area contributed by atoms with Crippen LogP contribution in [0.25, 0.3) is 0 Å². The number of fused-ring (bicyclic) bond motifs is 1. The average Bonchev–Trinajstić information content (AvgIpc) is 2.82. The highest BCUT2D eigenvalue weighted by atomic mass is 79.9. The van der Waals surface area contributed by atoms with E-state index in [1.54, 1.807) is 0 Å². The molecular weight excluding hydrogens is 359 g/mol. The number of carbonyl (C=O) groups is 2. The van der Waals surface area contributed by atoms with Gasteiger partial charge in [-0.1, -0.05) is 0 Å². The number of hydrogen-bond acceptors (Lipinski definition) is 3. The molecule has 1 aromatic carbocycles. The molecule has 2 heterocycles. The summed E-state index contributed by atoms with van der Waals surface area (Å²) in [5, 5.41) is 0. The third-order valence-electron chi connectivity index (χ3n) is 2.74. The molecule has 0 radical (unpaired) electrons. The predicted octanol–water partition coefficient (Wildman–Crippen LogP) is 3.73. The molecule has 0 unspecified atom stereocenters. The van der Waals surface area contributed by atoms with Crippen LogP contribution in [0.3, 0.4) is 0 Å². The topological polar surface area (TPSA) is 37.4 Å². The second kappa shape index (κ2) is 4.42. The number of nitrogens with zero attached hydrogens (tertiary/aromatic N) is 1. The van der Waals surface area contributed by atoms with Crippen LogP contribution in [0.1, 0.15) is 20.0 Å². The van der Waals surface area contributed by atoms with Crippen LogP contribution in [0.5, 0.6) is 0 Å². The Hall–Kier alpha value is -1.67. The van der Waals surface area contributed by atoms with E-state index >= 15 is 0 Å². The molecule has 0 atom stereocenters. The molecule has 0 fully saturated rings. The maximum Gasteiger partial charge on any atom is 0.276 e. The van der Waals surface area contributed by atoms with E-state index in [1.807, 2.05) is 0 Å². The third-order valence-corrected chi connectivity index (χ3v) is 4.36. The lowest BCUT2D eigenvalue weighted by Gasteiger charge is -2.15. The number of thiophene rings is 1. The van der Waals surface area contributed by atoms with Crippen LogP contribution in [0, 0.1) is 17.5 Å². The molecule has 20 heavy (non-hydrogen) atoms. The first-order valence-corrected chi connectivity index (χ1v) is 6.83. The van der Waals surface area contributed by atoms with Crippen LogP contribution in [-0.2, 0) is 0 Å². The summed E-state index contributed by atoms with van der Waals surface area (Å²) in [6.07, 6.45) is 0. The fourth-order valence-electron chi connectivity index (χ4n) is 1.94. The van der Waals surface area contributed by atoms with Crippen molar-refractivity contribution in [2.75, 3.05) is 4.90 Å². The van der Waals surface area contributed by atoms with Crippen molar-refractivity contribution in [2.24, 2.45) is 0 Å². The number of halogens is 4. The predicted molar refractivity (Wildman–Crippen MR) is 69.5 cm³/mol. The molecule has 1 aromatic heterocycles. The Labute approximate surface area is 122 Å². The van der Waals surface area contributed by atoms with Gasteiger partial charge in [-0.15, -0.1) is 11.3 Å². The number of carbonyl (C=O) groups excluding carboxylic acids is 2. The number of amides is 2. The summed E-state index contributed by atoms with van der Waals surface area (Å²) in [6, 6.07) is 2.24. The van der Waals surface area contributed by atoms with Gasteiger partial charge in [-0.05, 0) is 22.0 Å². The van der Waals surface area contributed by atoms with Crippen molar-refractivity contribution in [3.63, 3.8) is 0 Å². The molecule has 1 aliphatic rings. The molecule has 1 aliphatic heterocycles. The van der Waals surface area contributed by atoms with Crippen molar-refractivity contribution >= 4 is 44.8 Å². The number of hydrogen-bond donors (Lipinski definition) is 0. The largest absolute Gasteiger partial charge is 0.276 e. The molecule has 0 saturated heterocycles. The second-order valence-corrected chi connectivity index (χ2v) is 6.39. The maximum absolute atomic E-state index is 13.7. The summed E-state index contributed by atoms with van der Waals surface area (Å²) < 4.78 is 40.8. The summed E-state index contributed by atoms with van der Waals surface area (Å²) in [5.74, 6) is -5.40. The molecular formula is C12H3BrF3NO2S. The molecule has 0 bridgehead atoms. The van der Waals surface area contributed by atoms with Crippen molar-refractivity contribution < 1.29 is 22.8 Å². The van der Waals surface area contributed by atoms with Gasteiger partial charge in [0.25, 0.3) is 11.8 Å². The van der Waals surface area contributed by atoms with Crippen LogP contribution in [0.2, 0.25) is 0 Å². The lowest BCUT2D eigenvalue weighted by molar-refractivity contribution is 0.0924. The quantitative estimate of drug-likeness (QED) is 0.725. The van der Waals surface area contributed by atoms with Gasteiger partial charge in [0.05, 0.1) is 9.35 Å². The lowest BCUT2D eigenvalue weighted by Crippen LogP contribution is -2.31. The molecule has 0 saturated carbocycles. The molecule has 0 spiro atoms. The normalized spacial score (nSPS) is 14.1. The number of benzene rings is 1. The van der Waals surface area contributed by atoms with Crippen molar-refractivity contribution in [1.29, 1.82) is 0 Å². The van der Waals surface area contributed by atoms with Crippen LogP contribution >= 0.6 is 27.3 Å². The van der Waals surface area contributed by atoms with Gasteiger partial charge in [0.2, 0.25) is 0 Å². The molecule has 0 N–H and O–H groups in total. The van der Waals surface area contributed by atoms with E-state index in [2.05, 4.69) is 15.9 Å². The van der Waals surface area contributed by atoms with Crippen LogP contribution in [0.15, 0.2) is 22.0 Å². The number of imide groups is 1. The van der Waals surface area contributed by atoms with E-state index in [-0.39, 0.29) is 10.4 Å². The summed E-state index contributed by atoms with van der Waals surface area (Å²) in [7, 11) is 0. The first-order chi connectivity index (χ1) is 9.40. The number of anilines is 1. The molecule has 3 rings (SSSR count). The molecule has 2 amide bonds. The molecule has 0 aliphatic carbocycles. The minimum Gasteiger partial charge on any atom is -0.268 e. The smallest absolute Gasteiger partial charge is 0.268 e. The van der Waals surface area contributed by atoms with Crippen LogP contribution < -0.4 is 4.90 Å². The highest BCUT2D eigenvalue weighted by molar-refractivity contribution is 9.11. The number of rotatable bonds is 1. The van der Waals surface area contributed by atoms with Crippen LogP contribution in [0.4, 0.5) is 18.9 Å². The minimum absolute atomic E-state index is 0.0648. The second-order valence-electron chi connectivity index (χ2n) is 3.96. The fraction of sp³-hybridized carbons (Fsp3) is 0. The van der Waals surface area contributed by atoms with Gasteiger partial charge >= 0.3 is 0 Å². The Bertz CT molecular complexity index is 718. The highest BCUT2D eigenvalue weighted by Crippen LogP contribution is 2.38. The monoisotopic (exact) mass is 361 g/mol. The first-order valence-electron chi connectivity index (χ1n) is 5.23. The van der Waals surface area contributed by atoms with Gasteiger partial charge in [-0.25, -0.2) is 18.1 Å². The molecule has 2 aromatic rings. The van der Waals surface area contributed by atoms with Crippen molar-refractivity contribution in [1.82, 2.24) is 0 Å². The summed E-state index contributed by atoms with van der Waals surface area (Å²) >= 11 is 4.11. The van der Waals surface area contributed by atoms with Crippen molar-refractivity contribution in [3.05, 3.63) is 49.9 Å². The van der Waals surface area contributed by atoms with Gasteiger partial charge in [-0.2, -0.15) is 0 Å². The van der Waals surface area contributed by atoms with Gasteiger partial charge in [0.1, 0.15) is 16.4 Å². The van der Waals surface area contributed by atoms with Crippen LogP contribution in [-0.4, -0.2) is 11.8 Å². The summed E-state index contributed by atoms with van der Waals surface area (Å²) in [5.41, 5.74) is -0.795. The Morgan fingerprint density at radius 2 is 1.60 bits per heavy atom. The zero-order valence-electron chi connectivity index (χ0n) is 9.42.